The van der Waals surface area contributed by atoms with Crippen molar-refractivity contribution in [3.8, 4) is 5.75 Å². The number of anilines is 1. The molecule has 3 rings (SSSR count). The second kappa shape index (κ2) is 11.3. The van der Waals surface area contributed by atoms with Crippen LogP contribution in [0.2, 0.25) is 0 Å². The van der Waals surface area contributed by atoms with Gasteiger partial charge in [0.15, 0.2) is 0 Å². The van der Waals surface area contributed by atoms with Crippen LogP contribution in [0.4, 0.5) is 10.1 Å². The van der Waals surface area contributed by atoms with Crippen LogP contribution >= 0.6 is 0 Å². The minimum atomic E-state index is -3.95. The highest BCUT2D eigenvalue weighted by Crippen LogP contribution is 2.25. The second-order valence-corrected chi connectivity index (χ2v) is 10.3. The summed E-state index contributed by atoms with van der Waals surface area (Å²) in [6, 6.07) is 18.1. The molecule has 0 aliphatic heterocycles. The topological polar surface area (TPSA) is 79.0 Å². The quantitative estimate of drug-likeness (QED) is 0.427. The van der Waals surface area contributed by atoms with Gasteiger partial charge >= 0.3 is 10.2 Å². The highest BCUT2D eigenvalue weighted by atomic mass is 32.2. The fourth-order valence-electron chi connectivity index (χ4n) is 3.38. The van der Waals surface area contributed by atoms with Crippen LogP contribution in [-0.4, -0.2) is 45.9 Å². The van der Waals surface area contributed by atoms with Gasteiger partial charge in [0.05, 0.1) is 18.8 Å². The summed E-state index contributed by atoms with van der Waals surface area (Å²) in [6.45, 7) is 4.57. The molecular weight excluding hydrogens is 469 g/mol. The third kappa shape index (κ3) is 6.37. The van der Waals surface area contributed by atoms with Gasteiger partial charge in [-0.15, -0.1) is 0 Å². The van der Waals surface area contributed by atoms with Crippen molar-refractivity contribution in [3.05, 3.63) is 94.8 Å². The highest BCUT2D eigenvalue weighted by molar-refractivity contribution is 7.90. The molecule has 7 nitrogen and oxygen atoms in total. The third-order valence-electron chi connectivity index (χ3n) is 5.60. The fourth-order valence-corrected chi connectivity index (χ4v) is 4.48. The zero-order chi connectivity index (χ0) is 25.6. The predicted molar refractivity (Wildman–Crippen MR) is 135 cm³/mol. The Bertz CT molecular complexity index is 1280. The molecular formula is C26H30FN3O4S. The first-order valence-electron chi connectivity index (χ1n) is 11.1. The zero-order valence-electron chi connectivity index (χ0n) is 20.3. The van der Waals surface area contributed by atoms with Crippen molar-refractivity contribution in [3.63, 3.8) is 0 Å². The number of aryl methyl sites for hydroxylation is 1. The molecule has 9 heteroatoms. The monoisotopic (exact) mass is 499 g/mol. The maximum absolute atomic E-state index is 14.4. The molecule has 0 heterocycles. The Kier molecular flexibility index (Phi) is 8.48. The minimum Gasteiger partial charge on any atom is -0.491 e. The molecule has 0 aliphatic carbocycles. The van der Waals surface area contributed by atoms with E-state index in [4.69, 9.17) is 4.74 Å². The molecule has 0 spiro atoms. The maximum atomic E-state index is 14.4. The number of carbonyl (C=O) groups excluding carboxylic acids is 1. The molecule has 0 atom stereocenters. The van der Waals surface area contributed by atoms with Crippen molar-refractivity contribution < 1.29 is 22.3 Å². The van der Waals surface area contributed by atoms with E-state index in [1.54, 1.807) is 30.3 Å². The summed E-state index contributed by atoms with van der Waals surface area (Å²) in [5.74, 6) is -0.124. The van der Waals surface area contributed by atoms with Gasteiger partial charge in [-0.1, -0.05) is 36.4 Å². The van der Waals surface area contributed by atoms with Crippen molar-refractivity contribution >= 4 is 21.8 Å². The lowest BCUT2D eigenvalue weighted by molar-refractivity contribution is 0.0947. The zero-order valence-corrected chi connectivity index (χ0v) is 21.1. The Morgan fingerprint density at radius 1 is 0.971 bits per heavy atom. The molecule has 3 aromatic rings. The molecule has 0 bridgehead atoms. The summed E-state index contributed by atoms with van der Waals surface area (Å²) in [7, 11) is -1.17. The molecule has 0 radical (unpaired) electrons. The van der Waals surface area contributed by atoms with Crippen LogP contribution in [0.3, 0.4) is 0 Å². The molecule has 3 aromatic carbocycles. The first-order valence-corrected chi connectivity index (χ1v) is 12.5. The molecule has 0 saturated heterocycles. The lowest BCUT2D eigenvalue weighted by Gasteiger charge is -2.27. The number of carbonyl (C=O) groups is 1. The number of amides is 1. The van der Waals surface area contributed by atoms with Crippen molar-refractivity contribution in [2.75, 3.05) is 31.6 Å². The fraction of sp³-hybridized carbons (Fsp3) is 0.269. The average Bonchev–Trinajstić information content (AvgIpc) is 2.83. The van der Waals surface area contributed by atoms with Gasteiger partial charge in [-0.25, -0.2) is 4.39 Å². The highest BCUT2D eigenvalue weighted by Gasteiger charge is 2.27. The number of benzene rings is 3. The Hall–Kier alpha value is -3.43. The Labute approximate surface area is 206 Å². The number of ether oxygens (including phenoxy) is 1. The van der Waals surface area contributed by atoms with Gasteiger partial charge in [-0.3, -0.25) is 9.10 Å². The van der Waals surface area contributed by atoms with Gasteiger partial charge < -0.3 is 10.1 Å². The minimum absolute atomic E-state index is 0.0492. The molecule has 0 unspecified atom stereocenters. The van der Waals surface area contributed by atoms with Crippen LogP contribution in [0.25, 0.3) is 0 Å². The Balaban J connectivity index is 1.64. The van der Waals surface area contributed by atoms with E-state index in [2.05, 4.69) is 5.32 Å². The summed E-state index contributed by atoms with van der Waals surface area (Å²) in [5.41, 5.74) is 3.18. The van der Waals surface area contributed by atoms with Crippen LogP contribution in [0, 0.1) is 19.7 Å². The van der Waals surface area contributed by atoms with E-state index in [0.717, 1.165) is 25.5 Å². The number of rotatable bonds is 10. The molecule has 0 fully saturated rings. The van der Waals surface area contributed by atoms with Crippen LogP contribution in [-0.2, 0) is 16.8 Å². The van der Waals surface area contributed by atoms with Crippen LogP contribution in [0.5, 0.6) is 5.75 Å². The van der Waals surface area contributed by atoms with Crippen LogP contribution < -0.4 is 14.4 Å². The van der Waals surface area contributed by atoms with Crippen LogP contribution in [0.15, 0.2) is 66.7 Å². The standard InChI is InChI=1S/C26H30FN3O4S/c1-19-8-7-11-25(20(19)2)34-17-16-28-26(31)22-14-12-21(13-15-22)18-30(35(32,33)29(3)4)24-10-6-5-9-23(24)27/h5-15H,16-18H2,1-4H3,(H,28,31). The molecule has 1 amide bonds. The van der Waals surface area contributed by atoms with E-state index in [9.17, 15) is 17.6 Å². The number of nitrogens with one attached hydrogen (secondary N) is 1. The summed E-state index contributed by atoms with van der Waals surface area (Å²) in [5, 5.41) is 2.81. The van der Waals surface area contributed by atoms with Gasteiger partial charge in [0.1, 0.15) is 18.2 Å². The number of halogens is 1. The van der Waals surface area contributed by atoms with Crippen LogP contribution in [0.1, 0.15) is 27.0 Å². The first-order chi connectivity index (χ1) is 16.6. The van der Waals surface area contributed by atoms with E-state index in [0.29, 0.717) is 24.3 Å². The molecule has 1 N–H and O–H groups in total. The Morgan fingerprint density at radius 2 is 1.66 bits per heavy atom. The average molecular weight is 500 g/mol. The van der Waals surface area contributed by atoms with Crippen molar-refractivity contribution in [1.29, 1.82) is 0 Å². The summed E-state index contributed by atoms with van der Waals surface area (Å²) >= 11 is 0. The number of hydrogen-bond acceptors (Lipinski definition) is 4. The molecule has 0 aromatic heterocycles. The van der Waals surface area contributed by atoms with E-state index in [-0.39, 0.29) is 18.1 Å². The SMILES string of the molecule is Cc1cccc(OCCNC(=O)c2ccc(CN(c3ccccc3F)S(=O)(=O)N(C)C)cc2)c1C. The van der Waals surface area contributed by atoms with Gasteiger partial charge in [0, 0.05) is 19.7 Å². The molecule has 0 saturated carbocycles. The normalized spacial score (nSPS) is 11.4. The van der Waals surface area contributed by atoms with E-state index < -0.39 is 16.0 Å². The smallest absolute Gasteiger partial charge is 0.303 e. The van der Waals surface area contributed by atoms with E-state index in [1.165, 1.54) is 32.3 Å². The molecule has 0 aliphatic rings. The Morgan fingerprint density at radius 3 is 2.31 bits per heavy atom. The largest absolute Gasteiger partial charge is 0.491 e. The summed E-state index contributed by atoms with van der Waals surface area (Å²) < 4.78 is 47.9. The second-order valence-electron chi connectivity index (χ2n) is 8.25. The summed E-state index contributed by atoms with van der Waals surface area (Å²) in [6.07, 6.45) is 0. The number of para-hydroxylation sites is 1. The van der Waals surface area contributed by atoms with Crippen molar-refractivity contribution in [2.45, 2.75) is 20.4 Å². The number of hydrogen-bond donors (Lipinski definition) is 1. The molecule has 35 heavy (non-hydrogen) atoms. The molecule has 186 valence electrons. The van der Waals surface area contributed by atoms with Gasteiger partial charge in [-0.05, 0) is 60.9 Å². The van der Waals surface area contributed by atoms with Crippen molar-refractivity contribution in [2.24, 2.45) is 0 Å². The lowest BCUT2D eigenvalue weighted by Crippen LogP contribution is -2.40. The van der Waals surface area contributed by atoms with Gasteiger partial charge in [-0.2, -0.15) is 12.7 Å². The van der Waals surface area contributed by atoms with E-state index >= 15 is 0 Å². The first kappa shape index (κ1) is 26.2. The van der Waals surface area contributed by atoms with Gasteiger partial charge in [0.25, 0.3) is 5.91 Å². The lowest BCUT2D eigenvalue weighted by atomic mass is 10.1. The number of nitrogens with zero attached hydrogens (tertiary/aromatic N) is 2. The van der Waals surface area contributed by atoms with Crippen molar-refractivity contribution in [1.82, 2.24) is 9.62 Å². The predicted octanol–water partition coefficient (Wildman–Crippen LogP) is 4.06. The van der Waals surface area contributed by atoms with E-state index in [1.807, 2.05) is 32.0 Å². The maximum Gasteiger partial charge on any atom is 0.303 e. The van der Waals surface area contributed by atoms with Gasteiger partial charge in [0.2, 0.25) is 0 Å². The third-order valence-corrected chi connectivity index (χ3v) is 7.41. The summed E-state index contributed by atoms with van der Waals surface area (Å²) in [4.78, 5) is 12.5.